The van der Waals surface area contributed by atoms with Crippen molar-refractivity contribution in [2.24, 2.45) is 0 Å². The molecule has 0 spiro atoms. The largest absolute Gasteiger partial charge is 0.457 e. The molecule has 0 saturated heterocycles. The minimum Gasteiger partial charge on any atom is -0.457 e. The van der Waals surface area contributed by atoms with Gasteiger partial charge in [0.2, 0.25) is 0 Å². The molecule has 0 heterocycles. The van der Waals surface area contributed by atoms with Crippen LogP contribution in [0.3, 0.4) is 0 Å². The number of rotatable bonds is 6. The molecule has 0 amide bonds. The van der Waals surface area contributed by atoms with Crippen LogP contribution in [0.15, 0.2) is 54.1 Å². The lowest BCUT2D eigenvalue weighted by molar-refractivity contribution is -0.385. The fraction of sp³-hybridized carbons (Fsp3) is 0.0588. The molecule has 2 aromatic carbocycles. The Hall–Kier alpha value is -3.46. The minimum absolute atomic E-state index is 0.0998. The van der Waals surface area contributed by atoms with E-state index < -0.39 is 4.92 Å². The first-order chi connectivity index (χ1) is 11.1. The number of hydrogen-bond donors (Lipinski definition) is 0. The van der Waals surface area contributed by atoms with Crippen LogP contribution in [0.5, 0.6) is 11.5 Å². The van der Waals surface area contributed by atoms with Gasteiger partial charge in [0, 0.05) is 18.1 Å². The van der Waals surface area contributed by atoms with E-state index in [-0.39, 0.29) is 23.2 Å². The Morgan fingerprint density at radius 3 is 2.57 bits per heavy atom. The van der Waals surface area contributed by atoms with Gasteiger partial charge in [0.15, 0.2) is 0 Å². The number of para-hydroxylation sites is 1. The van der Waals surface area contributed by atoms with Gasteiger partial charge in [0.25, 0.3) is 5.69 Å². The van der Waals surface area contributed by atoms with E-state index in [0.29, 0.717) is 17.8 Å². The van der Waals surface area contributed by atoms with Crippen molar-refractivity contribution in [2.45, 2.75) is 6.42 Å². The summed E-state index contributed by atoms with van der Waals surface area (Å²) in [6.07, 6.45) is 1.80. The Morgan fingerprint density at radius 1 is 1.22 bits per heavy atom. The van der Waals surface area contributed by atoms with Crippen LogP contribution in [-0.4, -0.2) is 11.2 Å². The van der Waals surface area contributed by atoms with Crippen LogP contribution in [0.1, 0.15) is 12.0 Å². The second-order valence-electron chi connectivity index (χ2n) is 4.55. The molecule has 6 heteroatoms. The molecule has 0 N–H and O–H groups in total. The smallest absolute Gasteiger partial charge is 0.276 e. The van der Waals surface area contributed by atoms with Crippen molar-refractivity contribution in [1.29, 1.82) is 5.26 Å². The maximum atomic E-state index is 11.1. The van der Waals surface area contributed by atoms with Gasteiger partial charge < -0.3 is 9.53 Å². The van der Waals surface area contributed by atoms with E-state index in [1.54, 1.807) is 24.3 Å². The molecule has 0 atom stereocenters. The van der Waals surface area contributed by atoms with Crippen molar-refractivity contribution in [1.82, 2.24) is 0 Å². The Bertz CT molecular complexity index is 792. The van der Waals surface area contributed by atoms with Gasteiger partial charge in [-0.15, -0.1) is 0 Å². The standard InChI is InChI=1S/C17H12N2O4/c18-12-13(8-9-20)10-14-11-16(6-7-17(14)19(21)22)23-15-4-2-1-3-5-15/h1-7,9-11H,8H2/b13-10-. The van der Waals surface area contributed by atoms with Crippen LogP contribution < -0.4 is 4.74 Å². The summed E-state index contributed by atoms with van der Waals surface area (Å²) >= 11 is 0. The van der Waals surface area contributed by atoms with Gasteiger partial charge in [-0.05, 0) is 30.3 Å². The molecule has 0 fully saturated rings. The molecule has 23 heavy (non-hydrogen) atoms. The van der Waals surface area contributed by atoms with Crippen LogP contribution in [0.4, 0.5) is 5.69 Å². The summed E-state index contributed by atoms with van der Waals surface area (Å²) in [4.78, 5) is 21.1. The highest BCUT2D eigenvalue weighted by molar-refractivity contribution is 5.71. The number of nitro groups is 1. The summed E-state index contributed by atoms with van der Waals surface area (Å²) in [7, 11) is 0. The quantitative estimate of drug-likeness (QED) is 0.349. The van der Waals surface area contributed by atoms with Crippen LogP contribution >= 0.6 is 0 Å². The predicted molar refractivity (Wildman–Crippen MR) is 83.9 cm³/mol. The Morgan fingerprint density at radius 2 is 1.96 bits per heavy atom. The number of carbonyl (C=O) groups is 1. The normalized spacial score (nSPS) is 10.7. The summed E-state index contributed by atoms with van der Waals surface area (Å²) < 4.78 is 5.62. The van der Waals surface area contributed by atoms with Crippen molar-refractivity contribution in [3.63, 3.8) is 0 Å². The van der Waals surface area contributed by atoms with Crippen LogP contribution in [0, 0.1) is 21.4 Å². The summed E-state index contributed by atoms with van der Waals surface area (Å²) in [5, 5.41) is 20.1. The third kappa shape index (κ3) is 4.25. The molecule has 2 aromatic rings. The zero-order valence-electron chi connectivity index (χ0n) is 12.0. The summed E-state index contributed by atoms with van der Waals surface area (Å²) in [5.41, 5.74) is 0.186. The first-order valence-corrected chi connectivity index (χ1v) is 6.69. The maximum Gasteiger partial charge on any atom is 0.276 e. The van der Waals surface area contributed by atoms with Gasteiger partial charge >= 0.3 is 0 Å². The molecule has 0 radical (unpaired) electrons. The number of nitro benzene ring substituents is 1. The maximum absolute atomic E-state index is 11.1. The summed E-state index contributed by atoms with van der Waals surface area (Å²) in [6.45, 7) is 0. The second-order valence-corrected chi connectivity index (χ2v) is 4.55. The number of ether oxygens (including phenoxy) is 1. The molecule has 0 aromatic heterocycles. The van der Waals surface area contributed by atoms with E-state index in [1.807, 2.05) is 12.1 Å². The molecular weight excluding hydrogens is 296 g/mol. The van der Waals surface area contributed by atoms with E-state index in [1.165, 1.54) is 24.3 Å². The first kappa shape index (κ1) is 15.9. The van der Waals surface area contributed by atoms with Gasteiger partial charge in [0.1, 0.15) is 17.8 Å². The highest BCUT2D eigenvalue weighted by Crippen LogP contribution is 2.29. The average Bonchev–Trinajstić information content (AvgIpc) is 2.55. The molecule has 0 aliphatic rings. The van der Waals surface area contributed by atoms with Gasteiger partial charge in [-0.25, -0.2) is 0 Å². The highest BCUT2D eigenvalue weighted by atomic mass is 16.6. The van der Waals surface area contributed by atoms with Crippen LogP contribution in [-0.2, 0) is 4.79 Å². The summed E-state index contributed by atoms with van der Waals surface area (Å²) in [5.74, 6) is 0.987. The third-order valence-corrected chi connectivity index (χ3v) is 2.95. The Labute approximate surface area is 132 Å². The van der Waals surface area contributed by atoms with Crippen molar-refractivity contribution >= 4 is 18.0 Å². The van der Waals surface area contributed by atoms with Gasteiger partial charge in [-0.1, -0.05) is 18.2 Å². The molecule has 114 valence electrons. The van der Waals surface area contributed by atoms with Crippen LogP contribution in [0.2, 0.25) is 0 Å². The van der Waals surface area contributed by atoms with Crippen molar-refractivity contribution in [3.05, 3.63) is 69.8 Å². The SMILES string of the molecule is N#C/C(=C\c1cc(Oc2ccccc2)ccc1[N+](=O)[O-])CC=O. The van der Waals surface area contributed by atoms with Gasteiger partial charge in [0.05, 0.1) is 16.6 Å². The second kappa shape index (κ2) is 7.52. The Kier molecular flexibility index (Phi) is 5.21. The number of aldehydes is 1. The monoisotopic (exact) mass is 308 g/mol. The number of benzene rings is 2. The lowest BCUT2D eigenvalue weighted by atomic mass is 10.1. The molecule has 0 saturated carbocycles. The number of nitrogens with zero attached hydrogens (tertiary/aromatic N) is 2. The summed E-state index contributed by atoms with van der Waals surface area (Å²) in [6, 6.07) is 15.1. The third-order valence-electron chi connectivity index (χ3n) is 2.95. The number of nitriles is 1. The zero-order chi connectivity index (χ0) is 16.7. The fourth-order valence-electron chi connectivity index (χ4n) is 1.92. The van der Waals surface area contributed by atoms with E-state index in [0.717, 1.165) is 0 Å². The molecule has 0 aliphatic carbocycles. The molecule has 2 rings (SSSR count). The van der Waals surface area contributed by atoms with Gasteiger partial charge in [-0.2, -0.15) is 5.26 Å². The number of carbonyl (C=O) groups excluding carboxylic acids is 1. The minimum atomic E-state index is -0.548. The first-order valence-electron chi connectivity index (χ1n) is 6.69. The topological polar surface area (TPSA) is 93.2 Å². The predicted octanol–water partition coefficient (Wildman–Crippen LogP) is 3.88. The van der Waals surface area contributed by atoms with E-state index in [4.69, 9.17) is 10.00 Å². The molecular formula is C17H12N2O4. The molecule has 0 unspecified atom stereocenters. The van der Waals surface area contributed by atoms with Crippen molar-refractivity contribution < 1.29 is 14.5 Å². The lowest BCUT2D eigenvalue weighted by Crippen LogP contribution is -1.94. The van der Waals surface area contributed by atoms with Crippen molar-refractivity contribution in [2.75, 3.05) is 0 Å². The van der Waals surface area contributed by atoms with Crippen molar-refractivity contribution in [3.8, 4) is 17.6 Å². The number of allylic oxidation sites excluding steroid dienone is 1. The van der Waals surface area contributed by atoms with E-state index >= 15 is 0 Å². The highest BCUT2D eigenvalue weighted by Gasteiger charge is 2.14. The fourth-order valence-corrected chi connectivity index (χ4v) is 1.92. The van der Waals surface area contributed by atoms with E-state index in [2.05, 4.69) is 0 Å². The lowest BCUT2D eigenvalue weighted by Gasteiger charge is -2.07. The zero-order valence-corrected chi connectivity index (χ0v) is 12.0. The average molecular weight is 308 g/mol. The number of hydrogen-bond acceptors (Lipinski definition) is 5. The molecule has 0 bridgehead atoms. The molecule has 0 aliphatic heterocycles. The van der Waals surface area contributed by atoms with Gasteiger partial charge in [-0.3, -0.25) is 10.1 Å². The molecule has 6 nitrogen and oxygen atoms in total. The van der Waals surface area contributed by atoms with Crippen LogP contribution in [0.25, 0.3) is 6.08 Å². The van der Waals surface area contributed by atoms with E-state index in [9.17, 15) is 14.9 Å². The Balaban J connectivity index is 2.41.